The third kappa shape index (κ3) is 1.41. The summed E-state index contributed by atoms with van der Waals surface area (Å²) in [4.78, 5) is 25.1. The van der Waals surface area contributed by atoms with Crippen LogP contribution in [0.2, 0.25) is 0 Å². The van der Waals surface area contributed by atoms with Crippen molar-refractivity contribution in [2.45, 2.75) is 62.8 Å². The molecule has 0 aromatic heterocycles. The summed E-state index contributed by atoms with van der Waals surface area (Å²) in [5, 5.41) is 31.7. The van der Waals surface area contributed by atoms with E-state index in [1.165, 1.54) is 0 Å². The van der Waals surface area contributed by atoms with Gasteiger partial charge in [-0.1, -0.05) is 6.58 Å². The van der Waals surface area contributed by atoms with E-state index < -0.39 is 51.9 Å². The van der Waals surface area contributed by atoms with Gasteiger partial charge in [0.2, 0.25) is 0 Å². The van der Waals surface area contributed by atoms with Crippen LogP contribution in [0.5, 0.6) is 0 Å². The van der Waals surface area contributed by atoms with Crippen molar-refractivity contribution in [2.24, 2.45) is 28.6 Å². The molecule has 1 aliphatic heterocycles. The van der Waals surface area contributed by atoms with Gasteiger partial charge in [-0.15, -0.1) is 0 Å². The molecule has 1 heterocycles. The SMILES string of the molecule is C=C1CC23C[C@@]1(O)CCC2[C@@]12CCC(O)C(C)(C(=O)O1)C2C3C(=O)O. The summed E-state index contributed by atoms with van der Waals surface area (Å²) in [6.45, 7) is 5.71. The van der Waals surface area contributed by atoms with Crippen molar-refractivity contribution in [1.82, 2.24) is 0 Å². The molecular formula is C19H24O6. The van der Waals surface area contributed by atoms with E-state index in [9.17, 15) is 24.9 Å². The number of fused-ring (bicyclic) bond motifs is 1. The molecule has 6 unspecified atom stereocenters. The van der Waals surface area contributed by atoms with Crippen molar-refractivity contribution >= 4 is 11.9 Å². The molecule has 5 rings (SSSR count). The Kier molecular flexibility index (Phi) is 2.61. The minimum absolute atomic E-state index is 0.0936. The summed E-state index contributed by atoms with van der Waals surface area (Å²) in [5.74, 6) is -2.86. The molecule has 0 amide bonds. The minimum Gasteiger partial charge on any atom is -0.481 e. The number of hydrogen-bond donors (Lipinski definition) is 3. The average molecular weight is 348 g/mol. The molecule has 6 nitrogen and oxygen atoms in total. The number of carboxylic acids is 1. The molecule has 6 heteroatoms. The monoisotopic (exact) mass is 348 g/mol. The third-order valence-corrected chi connectivity index (χ3v) is 8.57. The van der Waals surface area contributed by atoms with E-state index in [1.807, 2.05) is 0 Å². The molecule has 4 saturated carbocycles. The second-order valence-electron chi connectivity index (χ2n) is 9.29. The van der Waals surface area contributed by atoms with Gasteiger partial charge in [0.15, 0.2) is 0 Å². The van der Waals surface area contributed by atoms with Crippen LogP contribution in [0.1, 0.15) is 45.4 Å². The topological polar surface area (TPSA) is 104 Å². The van der Waals surface area contributed by atoms with Crippen molar-refractivity contribution in [3.63, 3.8) is 0 Å². The molecule has 4 bridgehead atoms. The number of aliphatic hydroxyl groups excluding tert-OH is 1. The van der Waals surface area contributed by atoms with Gasteiger partial charge in [0.1, 0.15) is 5.60 Å². The molecule has 136 valence electrons. The summed E-state index contributed by atoms with van der Waals surface area (Å²) in [6.07, 6.45) is 2.08. The van der Waals surface area contributed by atoms with Gasteiger partial charge in [0.05, 0.1) is 23.0 Å². The minimum atomic E-state index is -1.19. The quantitative estimate of drug-likeness (QED) is 0.487. The average Bonchev–Trinajstić information content (AvgIpc) is 2.95. The van der Waals surface area contributed by atoms with Crippen molar-refractivity contribution < 1.29 is 29.6 Å². The van der Waals surface area contributed by atoms with Crippen LogP contribution >= 0.6 is 0 Å². The van der Waals surface area contributed by atoms with Gasteiger partial charge in [-0.25, -0.2) is 0 Å². The zero-order chi connectivity index (χ0) is 18.0. The van der Waals surface area contributed by atoms with Gasteiger partial charge >= 0.3 is 11.9 Å². The second-order valence-corrected chi connectivity index (χ2v) is 9.29. The van der Waals surface area contributed by atoms with Crippen LogP contribution in [-0.2, 0) is 14.3 Å². The molecule has 5 aliphatic rings. The number of carbonyl (C=O) groups is 2. The molecule has 0 aromatic carbocycles. The fourth-order valence-electron chi connectivity index (χ4n) is 7.65. The van der Waals surface area contributed by atoms with Gasteiger partial charge in [0.25, 0.3) is 0 Å². The standard InChI is InChI=1S/C19H24O6/c1-9-7-17-8-18(9,24)5-3-10(17)19-6-4-11(20)16(2,15(23)25-19)13(19)12(17)14(21)22/h10-13,20,24H,1,3-8H2,2H3,(H,21,22)/t10?,11?,12?,13?,16?,17?,18-,19+/m0/s1. The predicted molar refractivity (Wildman–Crippen MR) is 85.3 cm³/mol. The normalized spacial score (nSPS) is 58.7. The molecule has 8 atom stereocenters. The molecule has 0 aromatic rings. The van der Waals surface area contributed by atoms with Crippen LogP contribution in [-0.4, -0.2) is 44.6 Å². The second kappa shape index (κ2) is 4.12. The lowest BCUT2D eigenvalue weighted by Crippen LogP contribution is -2.53. The maximum atomic E-state index is 12.7. The lowest BCUT2D eigenvalue weighted by molar-refractivity contribution is -0.164. The van der Waals surface area contributed by atoms with E-state index in [2.05, 4.69) is 6.58 Å². The number of carboxylic acid groups (broad SMARTS) is 1. The van der Waals surface area contributed by atoms with Gasteiger partial charge in [-0.3, -0.25) is 9.59 Å². The smallest absolute Gasteiger partial charge is 0.315 e. The number of hydrogen-bond acceptors (Lipinski definition) is 5. The Morgan fingerprint density at radius 1 is 1.32 bits per heavy atom. The van der Waals surface area contributed by atoms with E-state index in [4.69, 9.17) is 4.74 Å². The first-order valence-corrected chi connectivity index (χ1v) is 9.17. The summed E-state index contributed by atoms with van der Waals surface area (Å²) in [6, 6.07) is 0. The summed E-state index contributed by atoms with van der Waals surface area (Å²) < 4.78 is 5.96. The molecule has 0 radical (unpaired) electrons. The molecule has 1 spiro atoms. The Bertz CT molecular complexity index is 731. The zero-order valence-corrected chi connectivity index (χ0v) is 14.3. The van der Waals surface area contributed by atoms with E-state index in [0.717, 1.165) is 0 Å². The summed E-state index contributed by atoms with van der Waals surface area (Å²) in [5.41, 5.74) is -2.93. The lowest BCUT2D eigenvalue weighted by atomic mass is 9.59. The molecule has 25 heavy (non-hydrogen) atoms. The summed E-state index contributed by atoms with van der Waals surface area (Å²) in [7, 11) is 0. The lowest BCUT2D eigenvalue weighted by Gasteiger charge is -2.45. The van der Waals surface area contributed by atoms with Crippen LogP contribution in [0.25, 0.3) is 0 Å². The Hall–Kier alpha value is -1.40. The zero-order valence-electron chi connectivity index (χ0n) is 14.3. The van der Waals surface area contributed by atoms with Crippen LogP contribution in [0.15, 0.2) is 12.2 Å². The van der Waals surface area contributed by atoms with Gasteiger partial charge in [0, 0.05) is 11.8 Å². The first kappa shape index (κ1) is 15.8. The van der Waals surface area contributed by atoms with Gasteiger partial charge in [-0.2, -0.15) is 0 Å². The van der Waals surface area contributed by atoms with E-state index in [1.54, 1.807) is 6.92 Å². The number of aliphatic hydroxyl groups is 2. The van der Waals surface area contributed by atoms with Gasteiger partial charge in [-0.05, 0) is 56.4 Å². The highest BCUT2D eigenvalue weighted by Crippen LogP contribution is 2.78. The van der Waals surface area contributed by atoms with Gasteiger partial charge < -0.3 is 20.1 Å². The number of ether oxygens (including phenoxy) is 1. The number of rotatable bonds is 1. The maximum Gasteiger partial charge on any atom is 0.315 e. The van der Waals surface area contributed by atoms with Crippen molar-refractivity contribution in [2.75, 3.05) is 0 Å². The molecule has 4 aliphatic carbocycles. The first-order valence-electron chi connectivity index (χ1n) is 9.17. The molecule has 3 N–H and O–H groups in total. The van der Waals surface area contributed by atoms with Crippen LogP contribution in [0.3, 0.4) is 0 Å². The first-order chi connectivity index (χ1) is 11.6. The van der Waals surface area contributed by atoms with E-state index in [-0.39, 0.29) is 5.92 Å². The van der Waals surface area contributed by atoms with Crippen molar-refractivity contribution in [1.29, 1.82) is 0 Å². The predicted octanol–water partition coefficient (Wildman–Crippen LogP) is 1.25. The molecule has 1 saturated heterocycles. The third-order valence-electron chi connectivity index (χ3n) is 8.57. The maximum absolute atomic E-state index is 12.7. The largest absolute Gasteiger partial charge is 0.481 e. The van der Waals surface area contributed by atoms with Crippen molar-refractivity contribution in [3.8, 4) is 0 Å². The van der Waals surface area contributed by atoms with E-state index in [0.29, 0.717) is 44.1 Å². The Morgan fingerprint density at radius 3 is 2.72 bits per heavy atom. The highest BCUT2D eigenvalue weighted by molar-refractivity contribution is 5.85. The van der Waals surface area contributed by atoms with E-state index >= 15 is 0 Å². The van der Waals surface area contributed by atoms with Crippen LogP contribution in [0.4, 0.5) is 0 Å². The van der Waals surface area contributed by atoms with Crippen LogP contribution in [0, 0.1) is 28.6 Å². The highest BCUT2D eigenvalue weighted by atomic mass is 16.6. The Morgan fingerprint density at radius 2 is 2.04 bits per heavy atom. The Labute approximate surface area is 145 Å². The fourth-order valence-corrected chi connectivity index (χ4v) is 7.65. The van der Waals surface area contributed by atoms with Crippen molar-refractivity contribution in [3.05, 3.63) is 12.2 Å². The number of carbonyl (C=O) groups excluding carboxylic acids is 1. The summed E-state index contributed by atoms with van der Waals surface area (Å²) >= 11 is 0. The van der Waals surface area contributed by atoms with Crippen LogP contribution < -0.4 is 0 Å². The molecular weight excluding hydrogens is 324 g/mol. The fraction of sp³-hybridized carbons (Fsp3) is 0.789. The Balaban J connectivity index is 1.76. The number of esters is 1. The molecule has 5 fully saturated rings. The highest BCUT2D eigenvalue weighted by Gasteiger charge is 2.84. The number of aliphatic carboxylic acids is 1.